The van der Waals surface area contributed by atoms with Crippen molar-refractivity contribution in [3.8, 4) is 0 Å². The Kier molecular flexibility index (Phi) is 5.23. The number of hydrogen-bond donors (Lipinski definition) is 1. The molecule has 1 saturated heterocycles. The van der Waals surface area contributed by atoms with Crippen molar-refractivity contribution >= 4 is 10.9 Å². The second-order valence-corrected chi connectivity index (χ2v) is 6.95. The summed E-state index contributed by atoms with van der Waals surface area (Å²) < 4.78 is 0. The number of aryl methyl sites for hydroxylation is 1. The van der Waals surface area contributed by atoms with E-state index in [0.717, 1.165) is 50.2 Å². The number of nitrogens with one attached hydrogen (secondary N) is 1. The van der Waals surface area contributed by atoms with Crippen molar-refractivity contribution in [1.29, 1.82) is 0 Å². The second-order valence-electron chi connectivity index (χ2n) is 6.95. The van der Waals surface area contributed by atoms with Gasteiger partial charge in [0.1, 0.15) is 0 Å². The fourth-order valence-electron chi connectivity index (χ4n) is 3.74. The van der Waals surface area contributed by atoms with Gasteiger partial charge in [-0.1, -0.05) is 31.2 Å². The summed E-state index contributed by atoms with van der Waals surface area (Å²) in [7, 11) is 0. The number of fused-ring (bicyclic) bond motifs is 1. The molecule has 26 heavy (non-hydrogen) atoms. The molecule has 1 fully saturated rings. The van der Waals surface area contributed by atoms with Crippen LogP contribution in [0.4, 0.5) is 0 Å². The van der Waals surface area contributed by atoms with Crippen LogP contribution in [0.1, 0.15) is 36.2 Å². The number of rotatable bonds is 4. The van der Waals surface area contributed by atoms with Gasteiger partial charge in [-0.15, -0.1) is 0 Å². The molecule has 2 aromatic heterocycles. The fourth-order valence-corrected chi connectivity index (χ4v) is 3.74. The Morgan fingerprint density at radius 3 is 2.81 bits per heavy atom. The summed E-state index contributed by atoms with van der Waals surface area (Å²) in [5, 5.41) is 4.69. The molecule has 4 heteroatoms. The van der Waals surface area contributed by atoms with Gasteiger partial charge in [0, 0.05) is 37.4 Å². The van der Waals surface area contributed by atoms with Gasteiger partial charge in [0.05, 0.1) is 17.3 Å². The van der Waals surface area contributed by atoms with E-state index < -0.39 is 0 Å². The number of benzene rings is 1. The first-order valence-corrected chi connectivity index (χ1v) is 9.59. The molecule has 134 valence electrons. The molecule has 1 aliphatic rings. The van der Waals surface area contributed by atoms with Gasteiger partial charge in [-0.25, -0.2) is 0 Å². The lowest BCUT2D eigenvalue weighted by Crippen LogP contribution is -2.33. The van der Waals surface area contributed by atoms with E-state index in [1.807, 2.05) is 18.5 Å². The maximum Gasteiger partial charge on any atom is 0.0792 e. The molecule has 0 aliphatic carbocycles. The number of nitrogens with zero attached hydrogens (tertiary/aromatic N) is 3. The smallest absolute Gasteiger partial charge is 0.0792 e. The lowest BCUT2D eigenvalue weighted by molar-refractivity contribution is 0.237. The van der Waals surface area contributed by atoms with Gasteiger partial charge >= 0.3 is 0 Å². The first-order chi connectivity index (χ1) is 12.8. The minimum Gasteiger partial charge on any atom is -0.315 e. The number of aromatic nitrogens is 2. The SMILES string of the molecule is CCc1ccc(C(c2cnc3ccccc3c2)N2CCCNCC2)nc1. The molecular formula is C22H26N4. The minimum absolute atomic E-state index is 0.151. The summed E-state index contributed by atoms with van der Waals surface area (Å²) in [5.74, 6) is 0. The first kappa shape index (κ1) is 17.1. The Labute approximate surface area is 155 Å². The molecule has 1 unspecified atom stereocenters. The van der Waals surface area contributed by atoms with Crippen LogP contribution in [0.15, 0.2) is 54.9 Å². The van der Waals surface area contributed by atoms with Crippen molar-refractivity contribution < 1.29 is 0 Å². The highest BCUT2D eigenvalue weighted by Gasteiger charge is 2.25. The van der Waals surface area contributed by atoms with Crippen LogP contribution in [-0.4, -0.2) is 41.0 Å². The van der Waals surface area contributed by atoms with Crippen LogP contribution in [0.25, 0.3) is 10.9 Å². The third-order valence-electron chi connectivity index (χ3n) is 5.20. The lowest BCUT2D eigenvalue weighted by atomic mass is 10.00. The topological polar surface area (TPSA) is 41.1 Å². The van der Waals surface area contributed by atoms with Crippen LogP contribution < -0.4 is 5.32 Å². The largest absolute Gasteiger partial charge is 0.315 e. The molecular weight excluding hydrogens is 320 g/mol. The fraction of sp³-hybridized carbons (Fsp3) is 0.364. The molecule has 0 amide bonds. The molecule has 0 spiro atoms. The average Bonchev–Trinajstić information content (AvgIpc) is 2.98. The van der Waals surface area contributed by atoms with Crippen molar-refractivity contribution in [2.45, 2.75) is 25.8 Å². The average molecular weight is 346 g/mol. The molecule has 3 heterocycles. The van der Waals surface area contributed by atoms with Crippen LogP contribution >= 0.6 is 0 Å². The van der Waals surface area contributed by atoms with Crippen molar-refractivity contribution in [1.82, 2.24) is 20.2 Å². The molecule has 4 rings (SSSR count). The molecule has 1 aromatic carbocycles. The van der Waals surface area contributed by atoms with Crippen LogP contribution in [0.5, 0.6) is 0 Å². The quantitative estimate of drug-likeness (QED) is 0.784. The highest BCUT2D eigenvalue weighted by molar-refractivity contribution is 5.78. The Morgan fingerprint density at radius 1 is 1.04 bits per heavy atom. The van der Waals surface area contributed by atoms with Crippen LogP contribution in [0.3, 0.4) is 0 Å². The van der Waals surface area contributed by atoms with E-state index in [-0.39, 0.29) is 6.04 Å². The summed E-state index contributed by atoms with van der Waals surface area (Å²) in [6, 6.07) is 15.2. The molecule has 3 aromatic rings. The minimum atomic E-state index is 0.151. The van der Waals surface area contributed by atoms with E-state index >= 15 is 0 Å². The van der Waals surface area contributed by atoms with E-state index in [2.05, 4.69) is 53.5 Å². The van der Waals surface area contributed by atoms with Crippen molar-refractivity contribution in [2.24, 2.45) is 0 Å². The maximum atomic E-state index is 4.82. The zero-order chi connectivity index (χ0) is 17.8. The summed E-state index contributed by atoms with van der Waals surface area (Å²) >= 11 is 0. The van der Waals surface area contributed by atoms with Crippen molar-refractivity contribution in [3.63, 3.8) is 0 Å². The summed E-state index contributed by atoms with van der Waals surface area (Å²) in [5.41, 5.74) is 4.66. The third-order valence-corrected chi connectivity index (χ3v) is 5.20. The van der Waals surface area contributed by atoms with Crippen LogP contribution in [0, 0.1) is 0 Å². The zero-order valence-corrected chi connectivity index (χ0v) is 15.4. The predicted octanol–water partition coefficient (Wildman–Crippen LogP) is 3.58. The molecule has 0 saturated carbocycles. The third kappa shape index (κ3) is 3.62. The van der Waals surface area contributed by atoms with Gasteiger partial charge in [0.15, 0.2) is 0 Å². The first-order valence-electron chi connectivity index (χ1n) is 9.59. The van der Waals surface area contributed by atoms with Gasteiger partial charge in [-0.2, -0.15) is 0 Å². The Bertz CT molecular complexity index is 851. The van der Waals surface area contributed by atoms with Gasteiger partial charge in [-0.05, 0) is 48.7 Å². The number of para-hydroxylation sites is 1. The van der Waals surface area contributed by atoms with Crippen LogP contribution in [-0.2, 0) is 6.42 Å². The Balaban J connectivity index is 1.76. The van der Waals surface area contributed by atoms with Gasteiger partial charge < -0.3 is 5.32 Å². The summed E-state index contributed by atoms with van der Waals surface area (Å²) in [6.45, 7) is 6.37. The molecule has 1 atom stereocenters. The molecule has 4 nitrogen and oxygen atoms in total. The van der Waals surface area contributed by atoms with E-state index in [9.17, 15) is 0 Å². The highest BCUT2D eigenvalue weighted by Crippen LogP contribution is 2.29. The van der Waals surface area contributed by atoms with Gasteiger partial charge in [0.2, 0.25) is 0 Å². The standard InChI is InChI=1S/C22H26N4/c1-2-17-8-9-21(24-15-17)22(26-12-5-10-23-11-13-26)19-14-18-6-3-4-7-20(18)25-16-19/h3-4,6-9,14-16,22-23H,2,5,10-13H2,1H3. The Morgan fingerprint density at radius 2 is 1.96 bits per heavy atom. The maximum absolute atomic E-state index is 4.82. The molecule has 0 radical (unpaired) electrons. The molecule has 0 bridgehead atoms. The van der Waals surface area contributed by atoms with Crippen molar-refractivity contribution in [2.75, 3.05) is 26.2 Å². The van der Waals surface area contributed by atoms with Crippen molar-refractivity contribution in [3.05, 3.63) is 71.7 Å². The summed E-state index contributed by atoms with van der Waals surface area (Å²) in [6.07, 6.45) is 6.22. The van der Waals surface area contributed by atoms with E-state index in [1.54, 1.807) is 0 Å². The molecule has 1 N–H and O–H groups in total. The molecule has 1 aliphatic heterocycles. The van der Waals surface area contributed by atoms with Gasteiger partial charge in [0.25, 0.3) is 0 Å². The van der Waals surface area contributed by atoms with E-state index in [1.165, 1.54) is 16.5 Å². The zero-order valence-electron chi connectivity index (χ0n) is 15.4. The van der Waals surface area contributed by atoms with Crippen LogP contribution in [0.2, 0.25) is 0 Å². The van der Waals surface area contributed by atoms with E-state index in [0.29, 0.717) is 0 Å². The van der Waals surface area contributed by atoms with Gasteiger partial charge in [-0.3, -0.25) is 14.9 Å². The monoisotopic (exact) mass is 346 g/mol. The summed E-state index contributed by atoms with van der Waals surface area (Å²) in [4.78, 5) is 12.1. The Hall–Kier alpha value is -2.30. The second kappa shape index (κ2) is 7.94. The van der Waals surface area contributed by atoms with E-state index in [4.69, 9.17) is 9.97 Å². The number of pyridine rings is 2. The lowest BCUT2D eigenvalue weighted by Gasteiger charge is -2.30. The predicted molar refractivity (Wildman–Crippen MR) is 106 cm³/mol. The highest BCUT2D eigenvalue weighted by atomic mass is 15.2. The number of hydrogen-bond acceptors (Lipinski definition) is 4. The normalized spacial score (nSPS) is 17.1.